The number of hydrogen-bond donors (Lipinski definition) is 1. The van der Waals surface area contributed by atoms with Crippen molar-refractivity contribution in [1.29, 1.82) is 0 Å². The summed E-state index contributed by atoms with van der Waals surface area (Å²) >= 11 is 5.46. The number of ketones is 1. The normalized spacial score (nSPS) is 9.70. The predicted octanol–water partition coefficient (Wildman–Crippen LogP) is 2.25. The zero-order valence-electron chi connectivity index (χ0n) is 5.41. The number of thiol groups is 1. The van der Waals surface area contributed by atoms with Crippen LogP contribution in [-0.4, -0.2) is 11.5 Å². The van der Waals surface area contributed by atoms with Crippen LogP contribution in [0.15, 0.2) is 17.5 Å². The van der Waals surface area contributed by atoms with Crippen molar-refractivity contribution in [3.63, 3.8) is 0 Å². The SMILES string of the molecule is O=C(CCS)c1cccs1. The first-order valence-electron chi connectivity index (χ1n) is 3.02. The first kappa shape index (κ1) is 7.82. The highest BCUT2D eigenvalue weighted by molar-refractivity contribution is 7.80. The van der Waals surface area contributed by atoms with Gasteiger partial charge in [-0.15, -0.1) is 11.3 Å². The van der Waals surface area contributed by atoms with Gasteiger partial charge in [-0.1, -0.05) is 6.07 Å². The molecule has 1 aromatic rings. The molecule has 0 amide bonds. The molecule has 0 fully saturated rings. The largest absolute Gasteiger partial charge is 0.293 e. The summed E-state index contributed by atoms with van der Waals surface area (Å²) < 4.78 is 0. The average molecular weight is 172 g/mol. The van der Waals surface area contributed by atoms with Gasteiger partial charge in [0.2, 0.25) is 0 Å². The summed E-state index contributed by atoms with van der Waals surface area (Å²) in [6, 6.07) is 3.73. The lowest BCUT2D eigenvalue weighted by atomic mass is 10.3. The van der Waals surface area contributed by atoms with Crippen molar-refractivity contribution in [2.75, 3.05) is 5.75 Å². The molecule has 1 rings (SSSR count). The van der Waals surface area contributed by atoms with Crippen molar-refractivity contribution in [2.24, 2.45) is 0 Å². The molecule has 3 heteroatoms. The van der Waals surface area contributed by atoms with Gasteiger partial charge >= 0.3 is 0 Å². The van der Waals surface area contributed by atoms with E-state index in [9.17, 15) is 4.79 Å². The van der Waals surface area contributed by atoms with Gasteiger partial charge in [-0.3, -0.25) is 4.79 Å². The van der Waals surface area contributed by atoms with E-state index < -0.39 is 0 Å². The van der Waals surface area contributed by atoms with Crippen LogP contribution in [0.2, 0.25) is 0 Å². The molecule has 0 aromatic carbocycles. The third kappa shape index (κ3) is 1.85. The number of thiophene rings is 1. The minimum absolute atomic E-state index is 0.199. The molecule has 54 valence electrons. The second kappa shape index (κ2) is 3.78. The van der Waals surface area contributed by atoms with E-state index in [2.05, 4.69) is 12.6 Å². The zero-order valence-corrected chi connectivity index (χ0v) is 7.12. The Morgan fingerprint density at radius 2 is 2.50 bits per heavy atom. The smallest absolute Gasteiger partial charge is 0.173 e. The van der Waals surface area contributed by atoms with Gasteiger partial charge in [0.05, 0.1) is 4.88 Å². The molecule has 0 aliphatic rings. The number of rotatable bonds is 3. The van der Waals surface area contributed by atoms with Crippen LogP contribution in [0.25, 0.3) is 0 Å². The van der Waals surface area contributed by atoms with Crippen LogP contribution < -0.4 is 0 Å². The lowest BCUT2D eigenvalue weighted by Gasteiger charge is -1.90. The maximum Gasteiger partial charge on any atom is 0.173 e. The maximum absolute atomic E-state index is 11.1. The van der Waals surface area contributed by atoms with Crippen molar-refractivity contribution >= 4 is 29.7 Å². The van der Waals surface area contributed by atoms with E-state index in [1.165, 1.54) is 11.3 Å². The lowest BCUT2D eigenvalue weighted by molar-refractivity contribution is 0.0993. The van der Waals surface area contributed by atoms with Gasteiger partial charge in [-0.25, -0.2) is 0 Å². The molecule has 1 aromatic heterocycles. The predicted molar refractivity (Wildman–Crippen MR) is 47.1 cm³/mol. The molecule has 0 atom stereocenters. The Hall–Kier alpha value is -0.280. The molecule has 0 unspecified atom stereocenters. The third-order valence-electron chi connectivity index (χ3n) is 1.13. The summed E-state index contributed by atoms with van der Waals surface area (Å²) in [4.78, 5) is 11.9. The van der Waals surface area contributed by atoms with Gasteiger partial charge in [-0.2, -0.15) is 12.6 Å². The van der Waals surface area contributed by atoms with E-state index >= 15 is 0 Å². The van der Waals surface area contributed by atoms with E-state index in [4.69, 9.17) is 0 Å². The summed E-state index contributed by atoms with van der Waals surface area (Å²) in [5.41, 5.74) is 0. The van der Waals surface area contributed by atoms with Crippen LogP contribution in [0.1, 0.15) is 16.1 Å². The molecule has 0 N–H and O–H groups in total. The second-order valence-corrected chi connectivity index (χ2v) is 3.27. The van der Waals surface area contributed by atoms with Crippen LogP contribution in [0.5, 0.6) is 0 Å². The summed E-state index contributed by atoms with van der Waals surface area (Å²) in [5.74, 6) is 0.835. The van der Waals surface area contributed by atoms with Crippen LogP contribution >= 0.6 is 24.0 Å². The molecule has 0 saturated carbocycles. The monoisotopic (exact) mass is 172 g/mol. The molecule has 1 heterocycles. The highest BCUT2D eigenvalue weighted by Crippen LogP contribution is 2.10. The molecule has 10 heavy (non-hydrogen) atoms. The molecular formula is C7H8OS2. The minimum atomic E-state index is 0.199. The fraction of sp³-hybridized carbons (Fsp3) is 0.286. The molecular weight excluding hydrogens is 164 g/mol. The van der Waals surface area contributed by atoms with Gasteiger partial charge in [0.25, 0.3) is 0 Å². The summed E-state index contributed by atoms with van der Waals surface area (Å²) in [6.45, 7) is 0. The molecule has 0 bridgehead atoms. The highest BCUT2D eigenvalue weighted by atomic mass is 32.1. The van der Waals surface area contributed by atoms with Gasteiger partial charge in [-0.05, 0) is 17.2 Å². The van der Waals surface area contributed by atoms with Gasteiger partial charge in [0.1, 0.15) is 0 Å². The lowest BCUT2D eigenvalue weighted by Crippen LogP contribution is -1.95. The van der Waals surface area contributed by atoms with Crippen LogP contribution in [0.3, 0.4) is 0 Å². The quantitative estimate of drug-likeness (QED) is 0.546. The fourth-order valence-electron chi connectivity index (χ4n) is 0.662. The number of hydrogen-bond acceptors (Lipinski definition) is 3. The Morgan fingerprint density at radius 1 is 1.70 bits per heavy atom. The molecule has 0 radical (unpaired) electrons. The van der Waals surface area contributed by atoms with E-state index in [1.54, 1.807) is 0 Å². The van der Waals surface area contributed by atoms with E-state index in [1.807, 2.05) is 17.5 Å². The van der Waals surface area contributed by atoms with Gasteiger partial charge in [0, 0.05) is 6.42 Å². The first-order valence-corrected chi connectivity index (χ1v) is 4.53. The first-order chi connectivity index (χ1) is 4.84. The molecule has 0 aliphatic heterocycles. The van der Waals surface area contributed by atoms with E-state index in [0.29, 0.717) is 12.2 Å². The van der Waals surface area contributed by atoms with E-state index in [-0.39, 0.29) is 5.78 Å². The summed E-state index contributed by atoms with van der Waals surface area (Å²) in [7, 11) is 0. The third-order valence-corrected chi connectivity index (χ3v) is 2.27. The van der Waals surface area contributed by atoms with Crippen molar-refractivity contribution in [3.05, 3.63) is 22.4 Å². The van der Waals surface area contributed by atoms with Crippen molar-refractivity contribution in [2.45, 2.75) is 6.42 Å². The fourth-order valence-corrected chi connectivity index (χ4v) is 1.56. The van der Waals surface area contributed by atoms with Crippen LogP contribution in [0.4, 0.5) is 0 Å². The Labute approximate surface area is 69.5 Å². The Balaban J connectivity index is 2.59. The Kier molecular flexibility index (Phi) is 2.96. The van der Waals surface area contributed by atoms with Crippen LogP contribution in [-0.2, 0) is 0 Å². The topological polar surface area (TPSA) is 17.1 Å². The average Bonchev–Trinajstić information content (AvgIpc) is 2.38. The Morgan fingerprint density at radius 3 is 3.00 bits per heavy atom. The standard InChI is InChI=1S/C7H8OS2/c8-6(3-4-9)7-2-1-5-10-7/h1-2,5,9H,3-4H2. The number of carbonyl (C=O) groups excluding carboxylic acids is 1. The van der Waals surface area contributed by atoms with Crippen molar-refractivity contribution in [1.82, 2.24) is 0 Å². The van der Waals surface area contributed by atoms with Crippen molar-refractivity contribution in [3.8, 4) is 0 Å². The highest BCUT2D eigenvalue weighted by Gasteiger charge is 2.03. The molecule has 0 saturated heterocycles. The van der Waals surface area contributed by atoms with Gasteiger partial charge in [0.15, 0.2) is 5.78 Å². The zero-order chi connectivity index (χ0) is 7.40. The second-order valence-electron chi connectivity index (χ2n) is 1.87. The Bertz CT molecular complexity index is 203. The van der Waals surface area contributed by atoms with Crippen molar-refractivity contribution < 1.29 is 4.79 Å². The van der Waals surface area contributed by atoms with E-state index in [0.717, 1.165) is 4.88 Å². The number of Topliss-reactive ketones (excluding diaryl/α,β-unsaturated/α-hetero) is 1. The summed E-state index contributed by atoms with van der Waals surface area (Å²) in [5, 5.41) is 1.91. The van der Waals surface area contributed by atoms with Gasteiger partial charge < -0.3 is 0 Å². The molecule has 1 nitrogen and oxygen atoms in total. The molecule has 0 spiro atoms. The maximum atomic E-state index is 11.1. The minimum Gasteiger partial charge on any atom is -0.293 e. The van der Waals surface area contributed by atoms with Crippen LogP contribution in [0, 0.1) is 0 Å². The summed E-state index contributed by atoms with van der Waals surface area (Å²) in [6.07, 6.45) is 0.545. The number of carbonyl (C=O) groups is 1. The molecule has 0 aliphatic carbocycles.